The fraction of sp³-hybridized carbons (Fsp3) is 0.222. The predicted octanol–water partition coefficient (Wildman–Crippen LogP) is -1.74. The van der Waals surface area contributed by atoms with Gasteiger partial charge in [0.25, 0.3) is 10.1 Å². The SMILES string of the molecule is O=C(CCS(=O)(=O)O)c1ccccc1.[H-].[Na+]. The third-order valence-electron chi connectivity index (χ3n) is 1.68. The number of hydrogen-bond donors (Lipinski definition) is 1. The number of benzene rings is 1. The molecule has 1 aromatic rings. The van der Waals surface area contributed by atoms with Gasteiger partial charge in [0.2, 0.25) is 0 Å². The van der Waals surface area contributed by atoms with Crippen LogP contribution in [0.4, 0.5) is 0 Å². The molecular formula is C9H11NaO4S. The van der Waals surface area contributed by atoms with E-state index in [2.05, 4.69) is 0 Å². The third-order valence-corrected chi connectivity index (χ3v) is 2.40. The maximum Gasteiger partial charge on any atom is 1.00 e. The largest absolute Gasteiger partial charge is 1.00 e. The minimum Gasteiger partial charge on any atom is -1.00 e. The van der Waals surface area contributed by atoms with Crippen LogP contribution in [0.3, 0.4) is 0 Å². The van der Waals surface area contributed by atoms with E-state index in [-0.39, 0.29) is 43.2 Å². The molecule has 0 aliphatic heterocycles. The summed E-state index contributed by atoms with van der Waals surface area (Å²) >= 11 is 0. The normalized spacial score (nSPS) is 10.5. The molecule has 0 fully saturated rings. The van der Waals surface area contributed by atoms with Gasteiger partial charge in [0, 0.05) is 12.0 Å². The van der Waals surface area contributed by atoms with Crippen LogP contribution in [0.5, 0.6) is 0 Å². The molecule has 4 nitrogen and oxygen atoms in total. The van der Waals surface area contributed by atoms with Crippen molar-refractivity contribution in [3.63, 3.8) is 0 Å². The van der Waals surface area contributed by atoms with E-state index in [4.69, 9.17) is 4.55 Å². The van der Waals surface area contributed by atoms with Gasteiger partial charge in [-0.15, -0.1) is 0 Å². The molecule has 0 radical (unpaired) electrons. The van der Waals surface area contributed by atoms with E-state index in [0.29, 0.717) is 5.56 Å². The summed E-state index contributed by atoms with van der Waals surface area (Å²) in [5, 5.41) is 0. The van der Waals surface area contributed by atoms with Crippen LogP contribution in [0.15, 0.2) is 30.3 Å². The monoisotopic (exact) mass is 238 g/mol. The van der Waals surface area contributed by atoms with Crippen molar-refractivity contribution in [2.45, 2.75) is 6.42 Å². The Balaban J connectivity index is 0. The molecule has 1 N–H and O–H groups in total. The topological polar surface area (TPSA) is 71.4 Å². The first-order valence-electron chi connectivity index (χ1n) is 4.02. The number of Topliss-reactive ketones (excluding diaryl/α,β-unsaturated/α-hetero) is 1. The molecule has 1 rings (SSSR count). The van der Waals surface area contributed by atoms with E-state index in [0.717, 1.165) is 0 Å². The Bertz CT molecular complexity index is 418. The summed E-state index contributed by atoms with van der Waals surface area (Å²) in [6, 6.07) is 8.36. The molecule has 0 atom stereocenters. The average Bonchev–Trinajstić information content (AvgIpc) is 2.14. The van der Waals surface area contributed by atoms with Gasteiger partial charge in [-0.05, 0) is 0 Å². The van der Waals surface area contributed by atoms with Gasteiger partial charge >= 0.3 is 29.6 Å². The summed E-state index contributed by atoms with van der Waals surface area (Å²) in [4.78, 5) is 11.3. The molecule has 78 valence electrons. The maximum absolute atomic E-state index is 11.3. The summed E-state index contributed by atoms with van der Waals surface area (Å²) in [5.74, 6) is -0.816. The van der Waals surface area contributed by atoms with E-state index in [1.807, 2.05) is 0 Å². The minimum absolute atomic E-state index is 0. The van der Waals surface area contributed by atoms with Gasteiger partial charge in [-0.3, -0.25) is 9.35 Å². The van der Waals surface area contributed by atoms with E-state index in [1.54, 1.807) is 30.3 Å². The number of carbonyl (C=O) groups excluding carboxylic acids is 1. The second-order valence-corrected chi connectivity index (χ2v) is 4.40. The average molecular weight is 238 g/mol. The molecule has 0 aromatic heterocycles. The Morgan fingerprint density at radius 1 is 1.27 bits per heavy atom. The van der Waals surface area contributed by atoms with E-state index in [9.17, 15) is 13.2 Å². The first kappa shape index (κ1) is 14.8. The van der Waals surface area contributed by atoms with Crippen LogP contribution < -0.4 is 29.6 Å². The van der Waals surface area contributed by atoms with Crippen LogP contribution in [0.1, 0.15) is 18.2 Å². The van der Waals surface area contributed by atoms with Crippen molar-refractivity contribution >= 4 is 15.9 Å². The zero-order chi connectivity index (χ0) is 10.6. The van der Waals surface area contributed by atoms with Crippen LogP contribution in [0.2, 0.25) is 0 Å². The predicted molar refractivity (Wildman–Crippen MR) is 52.9 cm³/mol. The zero-order valence-electron chi connectivity index (χ0n) is 9.38. The molecule has 0 spiro atoms. The van der Waals surface area contributed by atoms with Crippen molar-refractivity contribution in [2.24, 2.45) is 0 Å². The fourth-order valence-electron chi connectivity index (χ4n) is 0.990. The number of ketones is 1. The Kier molecular flexibility index (Phi) is 6.31. The Morgan fingerprint density at radius 2 is 1.80 bits per heavy atom. The summed E-state index contributed by atoms with van der Waals surface area (Å²) in [5.41, 5.74) is 0.455. The Hall–Kier alpha value is -0.200. The van der Waals surface area contributed by atoms with Crippen molar-refractivity contribution in [1.82, 2.24) is 0 Å². The van der Waals surface area contributed by atoms with Crippen LogP contribution >= 0.6 is 0 Å². The van der Waals surface area contributed by atoms with Gasteiger partial charge in [-0.2, -0.15) is 8.42 Å². The summed E-state index contributed by atoms with van der Waals surface area (Å²) in [6.45, 7) is 0. The van der Waals surface area contributed by atoms with Gasteiger partial charge < -0.3 is 1.43 Å². The first-order valence-corrected chi connectivity index (χ1v) is 5.63. The number of rotatable bonds is 4. The molecule has 0 aliphatic carbocycles. The minimum atomic E-state index is -4.05. The standard InChI is InChI=1S/C9H10O4S.Na.H/c10-9(6-7-14(11,12)13)8-4-2-1-3-5-8;;/h1-5H,6-7H2,(H,11,12,13);;/q;+1;-1. The molecule has 0 saturated heterocycles. The van der Waals surface area contributed by atoms with Crippen LogP contribution in [0.25, 0.3) is 0 Å². The van der Waals surface area contributed by atoms with Gasteiger partial charge in [-0.25, -0.2) is 0 Å². The second kappa shape index (κ2) is 6.40. The fourth-order valence-corrected chi connectivity index (χ4v) is 1.43. The molecular weight excluding hydrogens is 227 g/mol. The van der Waals surface area contributed by atoms with Crippen molar-refractivity contribution in [2.75, 3.05) is 5.75 Å². The van der Waals surface area contributed by atoms with Gasteiger partial charge in [0.15, 0.2) is 5.78 Å². The second-order valence-electron chi connectivity index (χ2n) is 2.83. The van der Waals surface area contributed by atoms with Crippen LogP contribution in [-0.4, -0.2) is 24.5 Å². The first-order chi connectivity index (χ1) is 6.49. The molecule has 0 aliphatic rings. The van der Waals surface area contributed by atoms with Gasteiger partial charge in [0.05, 0.1) is 5.75 Å². The molecule has 0 bridgehead atoms. The van der Waals surface area contributed by atoms with E-state index in [1.165, 1.54) is 0 Å². The van der Waals surface area contributed by atoms with Crippen molar-refractivity contribution in [3.05, 3.63) is 35.9 Å². The van der Waals surface area contributed by atoms with Gasteiger partial charge in [-0.1, -0.05) is 30.3 Å². The number of hydrogen-bond acceptors (Lipinski definition) is 3. The number of carbonyl (C=O) groups is 1. The molecule has 1 aromatic carbocycles. The van der Waals surface area contributed by atoms with E-state index >= 15 is 0 Å². The summed E-state index contributed by atoms with van der Waals surface area (Å²) in [6.07, 6.45) is -0.192. The Morgan fingerprint density at radius 3 is 2.27 bits per heavy atom. The molecule has 0 amide bonds. The van der Waals surface area contributed by atoms with Crippen molar-refractivity contribution < 1.29 is 48.7 Å². The van der Waals surface area contributed by atoms with Crippen molar-refractivity contribution in [1.29, 1.82) is 0 Å². The molecule has 15 heavy (non-hydrogen) atoms. The van der Waals surface area contributed by atoms with Crippen LogP contribution in [0, 0.1) is 0 Å². The van der Waals surface area contributed by atoms with Crippen LogP contribution in [-0.2, 0) is 10.1 Å². The Labute approximate surface area is 112 Å². The third kappa shape index (κ3) is 6.06. The van der Waals surface area contributed by atoms with E-state index < -0.39 is 15.9 Å². The quantitative estimate of drug-likeness (QED) is 0.384. The molecule has 0 heterocycles. The van der Waals surface area contributed by atoms with Gasteiger partial charge in [0.1, 0.15) is 0 Å². The smallest absolute Gasteiger partial charge is 1.00 e. The summed E-state index contributed by atoms with van der Waals surface area (Å²) < 4.78 is 29.2. The molecule has 6 heteroatoms. The maximum atomic E-state index is 11.3. The zero-order valence-corrected chi connectivity index (χ0v) is 11.2. The molecule has 0 saturated carbocycles. The van der Waals surface area contributed by atoms with Crippen molar-refractivity contribution in [3.8, 4) is 0 Å². The summed E-state index contributed by atoms with van der Waals surface area (Å²) in [7, 11) is -4.05. The molecule has 0 unspecified atom stereocenters.